The Balaban J connectivity index is 1.68. The van der Waals surface area contributed by atoms with Crippen molar-refractivity contribution in [3.05, 3.63) is 87.9 Å². The number of methoxy groups -OCH3 is 2. The number of rotatable bonds is 9. The molecule has 1 heterocycles. The summed E-state index contributed by atoms with van der Waals surface area (Å²) in [6.45, 7) is 6.43. The van der Waals surface area contributed by atoms with Crippen LogP contribution < -0.4 is 14.2 Å². The van der Waals surface area contributed by atoms with E-state index in [1.165, 1.54) is 16.7 Å². The third-order valence-electron chi connectivity index (χ3n) is 6.22. The lowest BCUT2D eigenvalue weighted by molar-refractivity contribution is -0.0106. The second kappa shape index (κ2) is 11.7. The van der Waals surface area contributed by atoms with Crippen molar-refractivity contribution in [2.45, 2.75) is 32.6 Å². The van der Waals surface area contributed by atoms with E-state index in [-0.39, 0.29) is 6.17 Å². The predicted octanol–water partition coefficient (Wildman–Crippen LogP) is 6.27. The molecule has 0 amide bonds. The molecule has 0 aliphatic carbocycles. The first-order valence-corrected chi connectivity index (χ1v) is 12.6. The van der Waals surface area contributed by atoms with Crippen molar-refractivity contribution in [3.8, 4) is 17.2 Å². The summed E-state index contributed by atoms with van der Waals surface area (Å²) < 4.78 is 17.9. The van der Waals surface area contributed by atoms with Crippen LogP contribution >= 0.6 is 15.9 Å². The molecule has 0 unspecified atom stereocenters. The Bertz CT molecular complexity index is 999. The van der Waals surface area contributed by atoms with Gasteiger partial charge in [-0.05, 0) is 66.9 Å². The fourth-order valence-electron chi connectivity index (χ4n) is 4.62. The lowest BCUT2D eigenvalue weighted by atomic mass is 10.0. The minimum Gasteiger partial charge on any atom is -0.497 e. The summed E-state index contributed by atoms with van der Waals surface area (Å²) in [5.41, 5.74) is 3.73. The van der Waals surface area contributed by atoms with Gasteiger partial charge in [0.25, 0.3) is 0 Å². The molecule has 0 spiro atoms. The molecule has 180 valence electrons. The van der Waals surface area contributed by atoms with Crippen molar-refractivity contribution in [2.75, 3.05) is 33.9 Å². The van der Waals surface area contributed by atoms with E-state index < -0.39 is 0 Å². The van der Waals surface area contributed by atoms with Crippen molar-refractivity contribution in [3.63, 3.8) is 0 Å². The Kier molecular flexibility index (Phi) is 8.48. The van der Waals surface area contributed by atoms with Crippen molar-refractivity contribution < 1.29 is 14.2 Å². The van der Waals surface area contributed by atoms with Crippen LogP contribution in [0.1, 0.15) is 36.2 Å². The van der Waals surface area contributed by atoms with E-state index in [9.17, 15) is 0 Å². The Morgan fingerprint density at radius 2 is 1.32 bits per heavy atom. The highest BCUT2D eigenvalue weighted by atomic mass is 79.9. The number of halogens is 1. The smallest absolute Gasteiger partial charge is 0.125 e. The summed E-state index contributed by atoms with van der Waals surface area (Å²) in [4.78, 5) is 5.11. The summed E-state index contributed by atoms with van der Waals surface area (Å²) in [5, 5.41) is 0. The van der Waals surface area contributed by atoms with Crippen LogP contribution in [0.2, 0.25) is 0 Å². The minimum atomic E-state index is 0.0944. The van der Waals surface area contributed by atoms with E-state index in [1.807, 2.05) is 31.2 Å². The Labute approximate surface area is 211 Å². The first-order valence-electron chi connectivity index (χ1n) is 11.8. The Morgan fingerprint density at radius 1 is 0.794 bits per heavy atom. The fourth-order valence-corrected chi connectivity index (χ4v) is 4.99. The SMILES string of the molecule is CCOc1ccc(Br)cc1C1N(Cc2ccc(OC)cc2)CCCN1Cc1ccc(OC)cc1. The van der Waals surface area contributed by atoms with Gasteiger partial charge in [-0.2, -0.15) is 0 Å². The van der Waals surface area contributed by atoms with Gasteiger partial charge in [-0.3, -0.25) is 9.80 Å². The van der Waals surface area contributed by atoms with E-state index in [0.717, 1.165) is 54.3 Å². The molecule has 4 rings (SSSR count). The number of hydrogen-bond acceptors (Lipinski definition) is 5. The summed E-state index contributed by atoms with van der Waals surface area (Å²) in [5.74, 6) is 2.70. The molecule has 1 aliphatic heterocycles. The first-order chi connectivity index (χ1) is 16.6. The molecule has 1 saturated heterocycles. The van der Waals surface area contributed by atoms with E-state index >= 15 is 0 Å². The van der Waals surface area contributed by atoms with Crippen LogP contribution in [0.3, 0.4) is 0 Å². The molecule has 1 aliphatic rings. The van der Waals surface area contributed by atoms with Crippen LogP contribution in [-0.4, -0.2) is 43.7 Å². The molecule has 0 N–H and O–H groups in total. The van der Waals surface area contributed by atoms with Gasteiger partial charge < -0.3 is 14.2 Å². The molecule has 3 aromatic rings. The summed E-state index contributed by atoms with van der Waals surface area (Å²) >= 11 is 3.70. The normalized spacial score (nSPS) is 15.3. The molecule has 5 nitrogen and oxygen atoms in total. The fraction of sp³-hybridized carbons (Fsp3) is 0.357. The number of ether oxygens (including phenoxy) is 3. The second-order valence-corrected chi connectivity index (χ2v) is 9.40. The van der Waals surface area contributed by atoms with E-state index in [2.05, 4.69) is 68.2 Å². The molecule has 0 saturated carbocycles. The Hall–Kier alpha value is -2.54. The highest BCUT2D eigenvalue weighted by molar-refractivity contribution is 9.10. The maximum Gasteiger partial charge on any atom is 0.125 e. The molecule has 3 aromatic carbocycles. The van der Waals surface area contributed by atoms with Gasteiger partial charge in [0.05, 0.1) is 27.0 Å². The average molecular weight is 525 g/mol. The molecule has 6 heteroatoms. The standard InChI is InChI=1S/C28H33BrN2O3/c1-4-34-27-15-10-23(29)18-26(27)28-30(19-21-6-11-24(32-2)12-7-21)16-5-17-31(28)20-22-8-13-25(33-3)14-9-22/h6-15,18,28H,4-5,16-17,19-20H2,1-3H3. The molecular weight excluding hydrogens is 492 g/mol. The largest absolute Gasteiger partial charge is 0.497 e. The van der Waals surface area contributed by atoms with E-state index in [0.29, 0.717) is 6.61 Å². The highest BCUT2D eigenvalue weighted by Crippen LogP contribution is 2.38. The Morgan fingerprint density at radius 3 is 1.79 bits per heavy atom. The van der Waals surface area contributed by atoms with Gasteiger partial charge in [0, 0.05) is 36.2 Å². The van der Waals surface area contributed by atoms with Crippen molar-refractivity contribution in [2.24, 2.45) is 0 Å². The first kappa shape index (κ1) is 24.6. The lowest BCUT2D eigenvalue weighted by Gasteiger charge is -2.45. The highest BCUT2D eigenvalue weighted by Gasteiger charge is 2.33. The molecular formula is C28H33BrN2O3. The molecule has 0 aromatic heterocycles. The predicted molar refractivity (Wildman–Crippen MR) is 139 cm³/mol. The van der Waals surface area contributed by atoms with E-state index in [1.54, 1.807) is 14.2 Å². The van der Waals surface area contributed by atoms with Gasteiger partial charge in [-0.25, -0.2) is 0 Å². The molecule has 1 fully saturated rings. The third-order valence-corrected chi connectivity index (χ3v) is 6.71. The van der Waals surface area contributed by atoms with Crippen LogP contribution in [0.5, 0.6) is 17.2 Å². The zero-order chi connectivity index (χ0) is 23.9. The zero-order valence-electron chi connectivity index (χ0n) is 20.2. The number of hydrogen-bond donors (Lipinski definition) is 0. The second-order valence-electron chi connectivity index (χ2n) is 8.48. The van der Waals surface area contributed by atoms with Gasteiger partial charge in [0.2, 0.25) is 0 Å². The summed E-state index contributed by atoms with van der Waals surface area (Å²) in [6, 6.07) is 23.1. The molecule has 0 radical (unpaired) electrons. The summed E-state index contributed by atoms with van der Waals surface area (Å²) in [7, 11) is 3.41. The summed E-state index contributed by atoms with van der Waals surface area (Å²) in [6.07, 6.45) is 1.21. The monoisotopic (exact) mass is 524 g/mol. The molecule has 34 heavy (non-hydrogen) atoms. The van der Waals surface area contributed by atoms with Crippen LogP contribution in [-0.2, 0) is 13.1 Å². The number of benzene rings is 3. The van der Waals surface area contributed by atoms with Gasteiger partial charge >= 0.3 is 0 Å². The molecule has 0 bridgehead atoms. The maximum absolute atomic E-state index is 6.10. The zero-order valence-corrected chi connectivity index (χ0v) is 21.8. The van der Waals surface area contributed by atoms with Crippen LogP contribution in [0.4, 0.5) is 0 Å². The van der Waals surface area contributed by atoms with Crippen LogP contribution in [0.15, 0.2) is 71.2 Å². The quantitative estimate of drug-likeness (QED) is 0.329. The van der Waals surface area contributed by atoms with E-state index in [4.69, 9.17) is 14.2 Å². The van der Waals surface area contributed by atoms with Gasteiger partial charge in [-0.15, -0.1) is 0 Å². The topological polar surface area (TPSA) is 34.2 Å². The van der Waals surface area contributed by atoms with Crippen LogP contribution in [0.25, 0.3) is 0 Å². The minimum absolute atomic E-state index is 0.0944. The van der Waals surface area contributed by atoms with Crippen molar-refractivity contribution in [1.29, 1.82) is 0 Å². The average Bonchev–Trinajstić information content (AvgIpc) is 2.86. The van der Waals surface area contributed by atoms with Gasteiger partial charge in [-0.1, -0.05) is 40.2 Å². The van der Waals surface area contributed by atoms with Gasteiger partial charge in [0.15, 0.2) is 0 Å². The third kappa shape index (κ3) is 5.93. The van der Waals surface area contributed by atoms with Crippen molar-refractivity contribution in [1.82, 2.24) is 9.80 Å². The number of nitrogens with zero attached hydrogens (tertiary/aromatic N) is 2. The maximum atomic E-state index is 6.10. The van der Waals surface area contributed by atoms with Gasteiger partial charge in [0.1, 0.15) is 17.2 Å². The van der Waals surface area contributed by atoms with Crippen LogP contribution in [0, 0.1) is 0 Å². The molecule has 0 atom stereocenters. The lowest BCUT2D eigenvalue weighted by Crippen LogP contribution is -2.47. The van der Waals surface area contributed by atoms with Crippen molar-refractivity contribution >= 4 is 15.9 Å².